The van der Waals surface area contributed by atoms with Gasteiger partial charge in [0.25, 0.3) is 0 Å². The Hall–Kier alpha value is -4.62. The van der Waals surface area contributed by atoms with E-state index in [0.717, 1.165) is 35.1 Å². The number of hydrogen-bond acceptors (Lipinski definition) is 4. The average Bonchev–Trinajstić information content (AvgIpc) is 3.05. The van der Waals surface area contributed by atoms with Gasteiger partial charge < -0.3 is 9.47 Å². The van der Waals surface area contributed by atoms with Gasteiger partial charge in [0.2, 0.25) is 0 Å². The molecule has 0 unspecified atom stereocenters. The molecule has 4 heteroatoms. The highest BCUT2D eigenvalue weighted by Crippen LogP contribution is 2.24. The topological polar surface area (TPSA) is 52.6 Å². The van der Waals surface area contributed by atoms with Crippen LogP contribution >= 0.6 is 0 Å². The molecule has 0 radical (unpaired) electrons. The van der Waals surface area contributed by atoms with Crippen molar-refractivity contribution in [2.24, 2.45) is 0 Å². The summed E-state index contributed by atoms with van der Waals surface area (Å²) in [4.78, 5) is 25.1. The molecule has 0 N–H and O–H groups in total. The summed E-state index contributed by atoms with van der Waals surface area (Å²) < 4.78 is 11.0. The number of rotatable bonds is 14. The minimum absolute atomic E-state index is 0.287. The van der Waals surface area contributed by atoms with E-state index < -0.39 is 5.97 Å². The molecule has 0 atom stereocenters. The molecule has 4 aromatic rings. The molecule has 0 amide bonds. The van der Waals surface area contributed by atoms with Crippen LogP contribution in [0, 0.1) is 11.8 Å². The van der Waals surface area contributed by atoms with Gasteiger partial charge in [0.1, 0.15) is 5.75 Å². The summed E-state index contributed by atoms with van der Waals surface area (Å²) in [6.07, 6.45) is 11.1. The van der Waals surface area contributed by atoms with Crippen LogP contribution in [0.2, 0.25) is 0 Å². The average molecular weight is 573 g/mol. The molecular formula is C39H40O4. The Bertz CT molecular complexity index is 1480. The molecule has 0 heterocycles. The Morgan fingerprint density at radius 3 is 1.63 bits per heavy atom. The summed E-state index contributed by atoms with van der Waals surface area (Å²) in [5, 5.41) is 0. The van der Waals surface area contributed by atoms with E-state index in [0.29, 0.717) is 23.5 Å². The zero-order valence-electron chi connectivity index (χ0n) is 25.0. The number of hydrogen-bond donors (Lipinski definition) is 0. The van der Waals surface area contributed by atoms with Gasteiger partial charge in [-0.2, -0.15) is 0 Å². The van der Waals surface area contributed by atoms with Crippen molar-refractivity contribution in [1.29, 1.82) is 0 Å². The highest BCUT2D eigenvalue weighted by Gasteiger charge is 2.10. The summed E-state index contributed by atoms with van der Waals surface area (Å²) in [6.45, 7) is 2.70. The standard InChI is InChI=1S/C39H40O4/c1-2-3-4-5-6-7-8-9-13-30-42-38(40)35-24-22-33(23-25-35)34-26-28-37(29-27-34)43-39(41)36-20-18-32(19-21-36)17-16-31-14-11-10-12-15-31/h10-12,14-15,18-29H,2-9,13,30H2,1H3. The van der Waals surface area contributed by atoms with E-state index in [9.17, 15) is 9.59 Å². The molecule has 220 valence electrons. The normalized spacial score (nSPS) is 10.4. The van der Waals surface area contributed by atoms with Gasteiger partial charge in [0.15, 0.2) is 0 Å². The molecule has 0 aliphatic carbocycles. The second kappa shape index (κ2) is 17.4. The number of carbonyl (C=O) groups excluding carboxylic acids is 2. The number of unbranched alkanes of at least 4 members (excludes halogenated alkanes) is 8. The molecule has 0 bridgehead atoms. The van der Waals surface area contributed by atoms with E-state index in [1.807, 2.05) is 66.7 Å². The monoisotopic (exact) mass is 572 g/mol. The zero-order valence-corrected chi connectivity index (χ0v) is 25.0. The Balaban J connectivity index is 1.20. The van der Waals surface area contributed by atoms with Crippen molar-refractivity contribution in [1.82, 2.24) is 0 Å². The Labute approximate surface area is 256 Å². The van der Waals surface area contributed by atoms with Crippen LogP contribution in [0.25, 0.3) is 11.1 Å². The molecule has 0 saturated carbocycles. The van der Waals surface area contributed by atoms with E-state index in [1.54, 1.807) is 36.4 Å². The van der Waals surface area contributed by atoms with Gasteiger partial charge in [-0.3, -0.25) is 0 Å². The maximum Gasteiger partial charge on any atom is 0.343 e. The third kappa shape index (κ3) is 10.6. The molecule has 4 nitrogen and oxygen atoms in total. The lowest BCUT2D eigenvalue weighted by atomic mass is 10.0. The summed E-state index contributed by atoms with van der Waals surface area (Å²) in [5.41, 5.74) is 4.67. The molecule has 0 saturated heterocycles. The summed E-state index contributed by atoms with van der Waals surface area (Å²) in [7, 11) is 0. The van der Waals surface area contributed by atoms with E-state index in [4.69, 9.17) is 9.47 Å². The van der Waals surface area contributed by atoms with Gasteiger partial charge in [-0.15, -0.1) is 0 Å². The van der Waals surface area contributed by atoms with Gasteiger partial charge in [-0.05, 0) is 78.2 Å². The minimum Gasteiger partial charge on any atom is -0.462 e. The van der Waals surface area contributed by atoms with Crippen molar-refractivity contribution in [2.45, 2.75) is 64.7 Å². The lowest BCUT2D eigenvalue weighted by Gasteiger charge is -2.08. The molecule has 0 spiro atoms. The predicted octanol–water partition coefficient (Wildman–Crippen LogP) is 9.66. The van der Waals surface area contributed by atoms with Crippen molar-refractivity contribution in [3.8, 4) is 28.7 Å². The fourth-order valence-electron chi connectivity index (χ4n) is 4.70. The van der Waals surface area contributed by atoms with Crippen LogP contribution in [-0.2, 0) is 4.74 Å². The Morgan fingerprint density at radius 1 is 0.535 bits per heavy atom. The fourth-order valence-corrected chi connectivity index (χ4v) is 4.70. The van der Waals surface area contributed by atoms with Crippen LogP contribution in [0.3, 0.4) is 0 Å². The van der Waals surface area contributed by atoms with Crippen LogP contribution in [0.4, 0.5) is 0 Å². The number of carbonyl (C=O) groups is 2. The molecule has 0 fully saturated rings. The smallest absolute Gasteiger partial charge is 0.343 e. The lowest BCUT2D eigenvalue weighted by Crippen LogP contribution is -2.08. The first-order valence-electron chi connectivity index (χ1n) is 15.4. The quantitative estimate of drug-likeness (QED) is 0.0653. The first kappa shape index (κ1) is 31.3. The zero-order chi connectivity index (χ0) is 30.1. The third-order valence-electron chi connectivity index (χ3n) is 7.25. The van der Waals surface area contributed by atoms with E-state index >= 15 is 0 Å². The van der Waals surface area contributed by atoms with Gasteiger partial charge >= 0.3 is 11.9 Å². The van der Waals surface area contributed by atoms with Gasteiger partial charge in [0.05, 0.1) is 17.7 Å². The third-order valence-corrected chi connectivity index (χ3v) is 7.25. The minimum atomic E-state index is -0.430. The van der Waals surface area contributed by atoms with E-state index in [-0.39, 0.29) is 5.97 Å². The van der Waals surface area contributed by atoms with Crippen LogP contribution < -0.4 is 4.74 Å². The second-order valence-electron chi connectivity index (χ2n) is 10.6. The van der Waals surface area contributed by atoms with Crippen LogP contribution in [0.15, 0.2) is 103 Å². The molecule has 0 aromatic heterocycles. The molecular weight excluding hydrogens is 532 g/mol. The summed E-state index contributed by atoms with van der Waals surface area (Å²) in [6, 6.07) is 31.5. The number of ether oxygens (including phenoxy) is 2. The molecule has 4 aromatic carbocycles. The fraction of sp³-hybridized carbons (Fsp3) is 0.282. The van der Waals surface area contributed by atoms with E-state index in [2.05, 4.69) is 18.8 Å². The first-order chi connectivity index (χ1) is 21.1. The van der Waals surface area contributed by atoms with Crippen molar-refractivity contribution in [3.63, 3.8) is 0 Å². The summed E-state index contributed by atoms with van der Waals surface area (Å²) >= 11 is 0. The summed E-state index contributed by atoms with van der Waals surface area (Å²) in [5.74, 6) is 5.95. The first-order valence-corrected chi connectivity index (χ1v) is 15.4. The number of benzene rings is 4. The van der Waals surface area contributed by atoms with Crippen LogP contribution in [0.5, 0.6) is 5.75 Å². The van der Waals surface area contributed by atoms with Crippen LogP contribution in [0.1, 0.15) is 96.6 Å². The van der Waals surface area contributed by atoms with Crippen molar-refractivity contribution < 1.29 is 19.1 Å². The SMILES string of the molecule is CCCCCCCCCCCOC(=O)c1ccc(-c2ccc(OC(=O)c3ccc(C#Cc4ccccc4)cc3)cc2)cc1. The molecule has 4 rings (SSSR count). The Kier molecular flexibility index (Phi) is 12.6. The highest BCUT2D eigenvalue weighted by atomic mass is 16.5. The lowest BCUT2D eigenvalue weighted by molar-refractivity contribution is 0.0497. The molecule has 43 heavy (non-hydrogen) atoms. The van der Waals surface area contributed by atoms with Crippen molar-refractivity contribution in [3.05, 3.63) is 125 Å². The highest BCUT2D eigenvalue weighted by molar-refractivity contribution is 5.91. The van der Waals surface area contributed by atoms with Gasteiger partial charge in [0, 0.05) is 11.1 Å². The van der Waals surface area contributed by atoms with E-state index in [1.165, 1.54) is 44.9 Å². The molecule has 0 aliphatic heterocycles. The maximum absolute atomic E-state index is 12.6. The number of esters is 2. The second-order valence-corrected chi connectivity index (χ2v) is 10.6. The largest absolute Gasteiger partial charge is 0.462 e. The Morgan fingerprint density at radius 2 is 1.02 bits per heavy atom. The molecule has 0 aliphatic rings. The van der Waals surface area contributed by atoms with Crippen molar-refractivity contribution >= 4 is 11.9 Å². The van der Waals surface area contributed by atoms with Crippen LogP contribution in [-0.4, -0.2) is 18.5 Å². The van der Waals surface area contributed by atoms with Gasteiger partial charge in [-0.25, -0.2) is 9.59 Å². The van der Waals surface area contributed by atoms with Crippen molar-refractivity contribution in [2.75, 3.05) is 6.61 Å². The predicted molar refractivity (Wildman–Crippen MR) is 173 cm³/mol. The maximum atomic E-state index is 12.6. The van der Waals surface area contributed by atoms with Gasteiger partial charge in [-0.1, -0.05) is 113 Å².